The van der Waals surface area contributed by atoms with Crippen LogP contribution < -0.4 is 0 Å². The van der Waals surface area contributed by atoms with Gasteiger partial charge in [-0.15, -0.1) is 0 Å². The van der Waals surface area contributed by atoms with Crippen LogP contribution in [-0.2, 0) is 22.4 Å². The molecule has 1 saturated carbocycles. The highest BCUT2D eigenvalue weighted by molar-refractivity contribution is 6.34. The van der Waals surface area contributed by atoms with Gasteiger partial charge in [-0.3, -0.25) is 14.4 Å². The molecule has 5 aliphatic rings. The van der Waals surface area contributed by atoms with Crippen LogP contribution >= 0.6 is 11.6 Å². The summed E-state index contributed by atoms with van der Waals surface area (Å²) < 4.78 is 1.53. The summed E-state index contributed by atoms with van der Waals surface area (Å²) in [5.74, 6) is -1.04. The monoisotopic (exact) mass is 562 g/mol. The molecule has 1 N–H and O–H groups in total. The second-order valence-electron chi connectivity index (χ2n) is 12.8. The van der Waals surface area contributed by atoms with E-state index >= 15 is 0 Å². The molecule has 0 radical (unpaired) electrons. The van der Waals surface area contributed by atoms with Crippen LogP contribution in [0.5, 0.6) is 0 Å². The number of fused-ring (bicyclic) bond motifs is 1. The highest BCUT2D eigenvalue weighted by atomic mass is 35.5. The average Bonchev–Trinajstić information content (AvgIpc) is 3.69. The van der Waals surface area contributed by atoms with E-state index in [1.807, 2.05) is 23.1 Å². The van der Waals surface area contributed by atoms with Gasteiger partial charge < -0.3 is 14.9 Å². The third-order valence-electron chi connectivity index (χ3n) is 9.73. The largest absolute Gasteiger partial charge is 0.481 e. The van der Waals surface area contributed by atoms with Crippen molar-refractivity contribution < 1.29 is 19.5 Å². The number of amides is 1. The van der Waals surface area contributed by atoms with E-state index in [4.69, 9.17) is 16.7 Å². The van der Waals surface area contributed by atoms with Crippen LogP contribution in [0.2, 0.25) is 5.02 Å². The maximum Gasteiger partial charge on any atom is 0.306 e. The Hall–Kier alpha value is -2.97. The van der Waals surface area contributed by atoms with Crippen molar-refractivity contribution in [2.75, 3.05) is 33.2 Å². The van der Waals surface area contributed by atoms with Gasteiger partial charge in [0.1, 0.15) is 0 Å². The SMILES string of the molecule is CN1CC2(C1)CN(C(=O)C1CCc3c(C4=CCC(C(=O)O)CC4)nn(C(=O)c4c(Cl)cccc4C4CC4)c3C1)C2. The first kappa shape index (κ1) is 26.0. The summed E-state index contributed by atoms with van der Waals surface area (Å²) in [6.45, 7) is 3.75. The highest BCUT2D eigenvalue weighted by Crippen LogP contribution is 2.45. The second-order valence-corrected chi connectivity index (χ2v) is 13.2. The Balaban J connectivity index is 1.22. The number of allylic oxidation sites excluding steroid dienone is 2. The first-order valence-electron chi connectivity index (χ1n) is 14.6. The number of aromatic nitrogens is 2. The lowest BCUT2D eigenvalue weighted by molar-refractivity contribution is -0.161. The van der Waals surface area contributed by atoms with Crippen LogP contribution in [0, 0.1) is 17.3 Å². The Morgan fingerprint density at radius 2 is 1.77 bits per heavy atom. The molecule has 40 heavy (non-hydrogen) atoms. The Kier molecular flexibility index (Phi) is 6.20. The number of halogens is 1. The van der Waals surface area contributed by atoms with Gasteiger partial charge in [-0.25, -0.2) is 0 Å². The van der Waals surface area contributed by atoms with Gasteiger partial charge >= 0.3 is 5.97 Å². The van der Waals surface area contributed by atoms with Crippen LogP contribution in [0.3, 0.4) is 0 Å². The number of carbonyl (C=O) groups is 3. The lowest BCUT2D eigenvalue weighted by Gasteiger charge is -2.60. The van der Waals surface area contributed by atoms with E-state index in [9.17, 15) is 19.5 Å². The van der Waals surface area contributed by atoms with Crippen molar-refractivity contribution in [3.05, 3.63) is 57.4 Å². The van der Waals surface area contributed by atoms with Gasteiger partial charge in [-0.1, -0.05) is 29.8 Å². The molecule has 2 aromatic rings. The Morgan fingerprint density at radius 3 is 2.42 bits per heavy atom. The summed E-state index contributed by atoms with van der Waals surface area (Å²) >= 11 is 6.64. The van der Waals surface area contributed by atoms with E-state index in [0.29, 0.717) is 48.6 Å². The molecular weight excluding hydrogens is 528 g/mol. The van der Waals surface area contributed by atoms with E-state index in [1.165, 1.54) is 4.68 Å². The molecule has 1 aromatic carbocycles. The summed E-state index contributed by atoms with van der Waals surface area (Å²) in [5.41, 5.74) is 5.40. The number of carbonyl (C=O) groups excluding carboxylic acids is 2. The summed E-state index contributed by atoms with van der Waals surface area (Å²) in [5, 5.41) is 14.8. The molecule has 2 aliphatic heterocycles. The summed E-state index contributed by atoms with van der Waals surface area (Å²) in [6, 6.07) is 5.65. The first-order chi connectivity index (χ1) is 19.2. The van der Waals surface area contributed by atoms with E-state index in [1.54, 1.807) is 6.07 Å². The molecule has 3 aliphatic carbocycles. The summed E-state index contributed by atoms with van der Waals surface area (Å²) in [4.78, 5) is 43.6. The number of benzene rings is 1. The molecule has 210 valence electrons. The Morgan fingerprint density at radius 1 is 1.02 bits per heavy atom. The fourth-order valence-electron chi connectivity index (χ4n) is 7.61. The summed E-state index contributed by atoms with van der Waals surface area (Å²) in [6.07, 6.45) is 7.58. The van der Waals surface area contributed by atoms with Crippen LogP contribution in [0.15, 0.2) is 24.3 Å². The Bertz CT molecular complexity index is 1440. The number of likely N-dealkylation sites (tertiary alicyclic amines) is 2. The van der Waals surface area contributed by atoms with Gasteiger partial charge in [-0.05, 0) is 75.1 Å². The summed E-state index contributed by atoms with van der Waals surface area (Å²) in [7, 11) is 2.12. The van der Waals surface area contributed by atoms with E-state index in [-0.39, 0.29) is 29.1 Å². The fraction of sp³-hybridized carbons (Fsp3) is 0.548. The molecule has 2 unspecified atom stereocenters. The van der Waals surface area contributed by atoms with E-state index in [0.717, 1.165) is 73.5 Å². The van der Waals surface area contributed by atoms with E-state index < -0.39 is 5.97 Å². The smallest absolute Gasteiger partial charge is 0.306 e. The van der Waals surface area contributed by atoms with Crippen LogP contribution in [0.4, 0.5) is 0 Å². The molecule has 1 aromatic heterocycles. The molecule has 8 nitrogen and oxygen atoms in total. The van der Waals surface area contributed by atoms with Crippen molar-refractivity contribution in [3.63, 3.8) is 0 Å². The standard InChI is InChI=1S/C31H35ClN4O4/c1-34-14-31(15-34)16-35(17-31)28(37)21-11-12-23-25(13-21)36(33-27(23)19-7-9-20(10-8-19)30(39)40)29(38)26-22(18-5-6-18)3-2-4-24(26)32/h2-4,7,18,20-21H,5-6,8-17H2,1H3,(H,39,40). The molecule has 2 atom stereocenters. The highest BCUT2D eigenvalue weighted by Gasteiger charge is 2.52. The quantitative estimate of drug-likeness (QED) is 0.585. The minimum absolute atomic E-state index is 0.176. The number of carboxylic acids is 1. The fourth-order valence-corrected chi connectivity index (χ4v) is 7.87. The molecule has 0 bridgehead atoms. The molecule has 3 fully saturated rings. The second kappa shape index (κ2) is 9.55. The van der Waals surface area contributed by atoms with Crippen molar-refractivity contribution in [1.29, 1.82) is 0 Å². The zero-order valence-corrected chi connectivity index (χ0v) is 23.6. The number of nitrogens with zero attached hydrogens (tertiary/aromatic N) is 4. The number of rotatable bonds is 5. The van der Waals surface area contributed by atoms with Crippen LogP contribution in [0.25, 0.3) is 5.57 Å². The maximum absolute atomic E-state index is 14.2. The molecular formula is C31H35ClN4O4. The molecule has 3 heterocycles. The average molecular weight is 563 g/mol. The van der Waals surface area contributed by atoms with Crippen molar-refractivity contribution in [2.45, 2.75) is 57.3 Å². The molecule has 1 amide bonds. The third-order valence-corrected chi connectivity index (χ3v) is 10.0. The maximum atomic E-state index is 14.2. The molecule has 2 saturated heterocycles. The number of hydrogen-bond donors (Lipinski definition) is 1. The van der Waals surface area contributed by atoms with Crippen LogP contribution in [-0.4, -0.2) is 75.7 Å². The third kappa shape index (κ3) is 4.31. The predicted molar refractivity (Wildman–Crippen MR) is 150 cm³/mol. The van der Waals surface area contributed by atoms with Gasteiger partial charge in [0.2, 0.25) is 5.91 Å². The van der Waals surface area contributed by atoms with E-state index in [2.05, 4.69) is 11.9 Å². The van der Waals surface area contributed by atoms with Crippen molar-refractivity contribution in [2.24, 2.45) is 17.3 Å². The minimum Gasteiger partial charge on any atom is -0.481 e. The zero-order chi connectivity index (χ0) is 27.8. The number of carboxylic acid groups (broad SMARTS) is 1. The van der Waals surface area contributed by atoms with Gasteiger partial charge in [0.15, 0.2) is 0 Å². The Labute approximate surface area is 239 Å². The van der Waals surface area contributed by atoms with Gasteiger partial charge in [0, 0.05) is 49.5 Å². The van der Waals surface area contributed by atoms with Crippen molar-refractivity contribution >= 4 is 35.0 Å². The molecule has 7 rings (SSSR count). The number of hydrogen-bond acceptors (Lipinski definition) is 5. The lowest BCUT2D eigenvalue weighted by atomic mass is 9.72. The first-order valence-corrected chi connectivity index (χ1v) is 14.9. The van der Waals surface area contributed by atoms with Crippen LogP contribution in [0.1, 0.15) is 77.3 Å². The van der Waals surface area contributed by atoms with Crippen molar-refractivity contribution in [3.8, 4) is 0 Å². The molecule has 1 spiro atoms. The predicted octanol–water partition coefficient (Wildman–Crippen LogP) is 4.25. The van der Waals surface area contributed by atoms with Gasteiger partial charge in [-0.2, -0.15) is 9.78 Å². The van der Waals surface area contributed by atoms with Crippen molar-refractivity contribution in [1.82, 2.24) is 19.6 Å². The number of aliphatic carboxylic acids is 1. The van der Waals surface area contributed by atoms with Gasteiger partial charge in [0.05, 0.1) is 27.9 Å². The van der Waals surface area contributed by atoms with Gasteiger partial charge in [0.25, 0.3) is 5.91 Å². The zero-order valence-electron chi connectivity index (χ0n) is 22.9. The lowest BCUT2D eigenvalue weighted by Crippen LogP contribution is -2.72. The minimum atomic E-state index is -0.771. The molecule has 9 heteroatoms. The topological polar surface area (TPSA) is 95.7 Å². The normalized spacial score (nSPS) is 25.6.